The van der Waals surface area contributed by atoms with Crippen LogP contribution in [0.3, 0.4) is 0 Å². The number of halogens is 1. The van der Waals surface area contributed by atoms with Gasteiger partial charge in [-0.05, 0) is 28.4 Å². The molecule has 82 valence electrons. The number of nitrogen functional groups attached to an aromatic ring is 1. The molecule has 0 spiro atoms. The fourth-order valence-corrected chi connectivity index (χ4v) is 1.94. The summed E-state index contributed by atoms with van der Waals surface area (Å²) in [4.78, 5) is 4.13. The Morgan fingerprint density at radius 1 is 1.67 bits per heavy atom. The molecule has 5 heteroatoms. The largest absolute Gasteiger partial charge is 0.397 e. The molecule has 0 radical (unpaired) electrons. The van der Waals surface area contributed by atoms with E-state index in [4.69, 9.17) is 10.5 Å². The molecule has 0 saturated carbocycles. The van der Waals surface area contributed by atoms with Gasteiger partial charge in [-0.1, -0.05) is 0 Å². The van der Waals surface area contributed by atoms with Crippen LogP contribution in [0, 0.1) is 5.92 Å². The summed E-state index contributed by atoms with van der Waals surface area (Å²) in [6.07, 6.45) is 2.87. The molecule has 15 heavy (non-hydrogen) atoms. The predicted octanol–water partition coefficient (Wildman–Crippen LogP) is 1.87. The number of hydrogen-bond donors (Lipinski definition) is 2. The average Bonchev–Trinajstić information content (AvgIpc) is 2.69. The Bertz CT molecular complexity index is 339. The van der Waals surface area contributed by atoms with Gasteiger partial charge in [0.1, 0.15) is 4.60 Å². The number of aromatic nitrogens is 1. The van der Waals surface area contributed by atoms with Gasteiger partial charge in [-0.15, -0.1) is 0 Å². The third kappa shape index (κ3) is 2.82. The van der Waals surface area contributed by atoms with Crippen molar-refractivity contribution in [1.29, 1.82) is 0 Å². The highest BCUT2D eigenvalue weighted by Crippen LogP contribution is 2.21. The summed E-state index contributed by atoms with van der Waals surface area (Å²) < 4.78 is 6.06. The van der Waals surface area contributed by atoms with Crippen molar-refractivity contribution < 1.29 is 4.74 Å². The van der Waals surface area contributed by atoms with Crippen molar-refractivity contribution in [3.63, 3.8) is 0 Å². The summed E-state index contributed by atoms with van der Waals surface area (Å²) in [6, 6.07) is 1.80. The van der Waals surface area contributed by atoms with Gasteiger partial charge in [0.15, 0.2) is 0 Å². The maximum atomic E-state index is 5.84. The van der Waals surface area contributed by atoms with E-state index < -0.39 is 0 Å². The van der Waals surface area contributed by atoms with E-state index in [0.717, 1.165) is 42.2 Å². The number of nitrogens with zero attached hydrogens (tertiary/aromatic N) is 1. The molecule has 1 atom stereocenters. The number of nitrogens with two attached hydrogens (primary N) is 1. The van der Waals surface area contributed by atoms with Gasteiger partial charge in [0.2, 0.25) is 0 Å². The molecule has 2 rings (SSSR count). The highest BCUT2D eigenvalue weighted by molar-refractivity contribution is 9.10. The van der Waals surface area contributed by atoms with E-state index in [1.807, 2.05) is 0 Å². The zero-order valence-electron chi connectivity index (χ0n) is 8.37. The summed E-state index contributed by atoms with van der Waals surface area (Å²) in [5, 5.41) is 3.29. The molecule has 1 saturated heterocycles. The smallest absolute Gasteiger partial charge is 0.108 e. The molecule has 0 aliphatic carbocycles. The van der Waals surface area contributed by atoms with E-state index in [9.17, 15) is 0 Å². The van der Waals surface area contributed by atoms with Crippen molar-refractivity contribution in [3.8, 4) is 0 Å². The molecule has 1 aliphatic heterocycles. The Morgan fingerprint density at radius 3 is 3.20 bits per heavy atom. The van der Waals surface area contributed by atoms with Crippen LogP contribution < -0.4 is 11.1 Å². The fourth-order valence-electron chi connectivity index (χ4n) is 1.59. The second kappa shape index (κ2) is 4.81. The highest BCUT2D eigenvalue weighted by atomic mass is 79.9. The van der Waals surface area contributed by atoms with Gasteiger partial charge in [0, 0.05) is 19.1 Å². The minimum atomic E-state index is 0.591. The van der Waals surface area contributed by atoms with Crippen molar-refractivity contribution in [1.82, 2.24) is 4.98 Å². The lowest BCUT2D eigenvalue weighted by Crippen LogP contribution is -2.15. The first-order valence-corrected chi connectivity index (χ1v) is 5.77. The van der Waals surface area contributed by atoms with E-state index in [0.29, 0.717) is 5.92 Å². The van der Waals surface area contributed by atoms with Crippen LogP contribution in [0.1, 0.15) is 6.42 Å². The van der Waals surface area contributed by atoms with E-state index in [1.54, 1.807) is 12.3 Å². The first kappa shape index (κ1) is 10.7. The topological polar surface area (TPSA) is 60.2 Å². The Labute approximate surface area is 97.3 Å². The van der Waals surface area contributed by atoms with E-state index in [-0.39, 0.29) is 0 Å². The van der Waals surface area contributed by atoms with Gasteiger partial charge in [-0.3, -0.25) is 0 Å². The SMILES string of the molecule is Nc1cc(Br)ncc1NC[C@H]1CCOC1. The monoisotopic (exact) mass is 271 g/mol. The molecular formula is C10H14BrN3O. The fraction of sp³-hybridized carbons (Fsp3) is 0.500. The molecule has 4 nitrogen and oxygen atoms in total. The molecule has 3 N–H and O–H groups in total. The molecule has 0 bridgehead atoms. The molecule has 1 aliphatic rings. The lowest BCUT2D eigenvalue weighted by molar-refractivity contribution is 0.187. The normalized spacial score (nSPS) is 20.5. The summed E-state index contributed by atoms with van der Waals surface area (Å²) >= 11 is 3.27. The molecule has 0 amide bonds. The third-order valence-corrected chi connectivity index (χ3v) is 2.94. The van der Waals surface area contributed by atoms with Crippen molar-refractivity contribution in [2.45, 2.75) is 6.42 Å². The number of hydrogen-bond acceptors (Lipinski definition) is 4. The first-order valence-electron chi connectivity index (χ1n) is 4.98. The summed E-state index contributed by atoms with van der Waals surface area (Å²) in [5.74, 6) is 0.591. The van der Waals surface area contributed by atoms with Crippen LogP contribution in [0.25, 0.3) is 0 Å². The van der Waals surface area contributed by atoms with Gasteiger partial charge >= 0.3 is 0 Å². The van der Waals surface area contributed by atoms with Crippen LogP contribution in [0.4, 0.5) is 11.4 Å². The quantitative estimate of drug-likeness (QED) is 0.825. The predicted molar refractivity (Wildman–Crippen MR) is 63.8 cm³/mol. The standard InChI is InChI=1S/C10H14BrN3O/c11-10-3-8(12)9(5-14-10)13-4-7-1-2-15-6-7/h3,5,7,13H,1-2,4,6H2,(H2,12,14)/t7-/m1/s1. The molecule has 0 unspecified atom stereocenters. The second-order valence-corrected chi connectivity index (χ2v) is 4.52. The van der Waals surface area contributed by atoms with Gasteiger partial charge in [-0.2, -0.15) is 0 Å². The van der Waals surface area contributed by atoms with Crippen molar-refractivity contribution >= 4 is 27.3 Å². The van der Waals surface area contributed by atoms with Crippen LogP contribution in [0.15, 0.2) is 16.9 Å². The van der Waals surface area contributed by atoms with Crippen LogP contribution in [0.5, 0.6) is 0 Å². The van der Waals surface area contributed by atoms with Gasteiger partial charge in [0.05, 0.1) is 24.2 Å². The van der Waals surface area contributed by atoms with Crippen LogP contribution in [-0.4, -0.2) is 24.7 Å². The minimum Gasteiger partial charge on any atom is -0.397 e. The summed E-state index contributed by atoms with van der Waals surface area (Å²) in [5.41, 5.74) is 7.45. The number of nitrogens with one attached hydrogen (secondary N) is 1. The zero-order valence-corrected chi connectivity index (χ0v) is 9.96. The van der Waals surface area contributed by atoms with E-state index in [1.165, 1.54) is 0 Å². The zero-order chi connectivity index (χ0) is 10.7. The molecule has 0 aromatic carbocycles. The lowest BCUT2D eigenvalue weighted by atomic mass is 10.1. The number of ether oxygens (including phenoxy) is 1. The Hall–Kier alpha value is -0.810. The second-order valence-electron chi connectivity index (χ2n) is 3.70. The first-order chi connectivity index (χ1) is 7.25. The van der Waals surface area contributed by atoms with Gasteiger partial charge in [0.25, 0.3) is 0 Å². The molecular weight excluding hydrogens is 258 g/mol. The lowest BCUT2D eigenvalue weighted by Gasteiger charge is -2.12. The van der Waals surface area contributed by atoms with Crippen molar-refractivity contribution in [3.05, 3.63) is 16.9 Å². The molecule has 1 fully saturated rings. The number of pyridine rings is 1. The van der Waals surface area contributed by atoms with Crippen molar-refractivity contribution in [2.24, 2.45) is 5.92 Å². The van der Waals surface area contributed by atoms with Crippen LogP contribution in [0.2, 0.25) is 0 Å². The Kier molecular flexibility index (Phi) is 3.43. The summed E-state index contributed by atoms with van der Waals surface area (Å²) in [7, 11) is 0. The Balaban J connectivity index is 1.92. The van der Waals surface area contributed by atoms with Gasteiger partial charge in [-0.25, -0.2) is 4.98 Å². The average molecular weight is 272 g/mol. The van der Waals surface area contributed by atoms with Gasteiger partial charge < -0.3 is 15.8 Å². The van der Waals surface area contributed by atoms with Crippen molar-refractivity contribution in [2.75, 3.05) is 30.8 Å². The minimum absolute atomic E-state index is 0.591. The molecule has 1 aromatic heterocycles. The maximum absolute atomic E-state index is 5.84. The number of rotatable bonds is 3. The number of anilines is 2. The Morgan fingerprint density at radius 2 is 2.53 bits per heavy atom. The summed E-state index contributed by atoms with van der Waals surface area (Å²) in [6.45, 7) is 2.62. The van der Waals surface area contributed by atoms with Crippen LogP contribution >= 0.6 is 15.9 Å². The molecule has 1 aromatic rings. The third-order valence-electron chi connectivity index (χ3n) is 2.51. The van der Waals surface area contributed by atoms with E-state index >= 15 is 0 Å². The molecule has 2 heterocycles. The van der Waals surface area contributed by atoms with Crippen LogP contribution in [-0.2, 0) is 4.74 Å². The maximum Gasteiger partial charge on any atom is 0.108 e. The van der Waals surface area contributed by atoms with E-state index in [2.05, 4.69) is 26.2 Å². The highest BCUT2D eigenvalue weighted by Gasteiger charge is 2.15.